The van der Waals surface area contributed by atoms with Gasteiger partial charge in [0.05, 0.1) is 16.3 Å². The summed E-state index contributed by atoms with van der Waals surface area (Å²) in [6, 6.07) is 11.6. The summed E-state index contributed by atoms with van der Waals surface area (Å²) in [7, 11) is -3.64. The number of benzene rings is 2. The molecule has 0 aliphatic carbocycles. The predicted molar refractivity (Wildman–Crippen MR) is 108 cm³/mol. The Labute approximate surface area is 167 Å². The van der Waals surface area contributed by atoms with E-state index in [1.807, 2.05) is 6.92 Å². The zero-order chi connectivity index (χ0) is 20.6. The van der Waals surface area contributed by atoms with E-state index < -0.39 is 21.7 Å². The number of nitrogens with one attached hydrogen (secondary N) is 2. The van der Waals surface area contributed by atoms with Crippen LogP contribution in [0.15, 0.2) is 56.6 Å². The van der Waals surface area contributed by atoms with Crippen LogP contribution >= 0.6 is 0 Å². The van der Waals surface area contributed by atoms with Crippen LogP contribution in [-0.4, -0.2) is 36.7 Å². The number of aryl methyl sites for hydroxylation is 1. The third-order valence-corrected chi connectivity index (χ3v) is 6.98. The van der Waals surface area contributed by atoms with Gasteiger partial charge in [0.15, 0.2) is 5.58 Å². The number of oxazole rings is 1. The number of anilines is 1. The second-order valence-corrected chi connectivity index (χ2v) is 9.17. The lowest BCUT2D eigenvalue weighted by Gasteiger charge is -2.31. The van der Waals surface area contributed by atoms with E-state index in [2.05, 4.69) is 10.3 Å². The Balaban J connectivity index is 1.48. The van der Waals surface area contributed by atoms with Gasteiger partial charge in [-0.15, -0.1) is 0 Å². The molecule has 0 bridgehead atoms. The fourth-order valence-electron chi connectivity index (χ4n) is 3.50. The van der Waals surface area contributed by atoms with Gasteiger partial charge >= 0.3 is 5.76 Å². The molecule has 1 aromatic heterocycles. The number of hydrogen-bond donors (Lipinski definition) is 2. The summed E-state index contributed by atoms with van der Waals surface area (Å²) in [4.78, 5) is 26.8. The van der Waals surface area contributed by atoms with Crippen LogP contribution in [0.2, 0.25) is 0 Å². The van der Waals surface area contributed by atoms with Gasteiger partial charge in [-0.05, 0) is 44.0 Å². The number of piperidine rings is 1. The Hall–Kier alpha value is -2.91. The van der Waals surface area contributed by atoms with Gasteiger partial charge < -0.3 is 9.73 Å². The van der Waals surface area contributed by atoms with Crippen LogP contribution in [-0.2, 0) is 14.8 Å². The highest BCUT2D eigenvalue weighted by atomic mass is 32.2. The van der Waals surface area contributed by atoms with Gasteiger partial charge in [-0.1, -0.05) is 17.7 Å². The standard InChI is InChI=1S/C20H21N3O5S/c1-13-4-7-16(8-5-13)29(26,27)23-10-2-3-14(12-23)19(24)21-15-6-9-17-18(11-15)28-20(25)22-17/h4-9,11,14H,2-3,10,12H2,1H3,(H,21,24)(H,22,25). The average molecular weight is 415 g/mol. The summed E-state index contributed by atoms with van der Waals surface area (Å²) in [5.74, 6) is -1.28. The second kappa shape index (κ2) is 7.49. The van der Waals surface area contributed by atoms with E-state index in [0.717, 1.165) is 5.56 Å². The Morgan fingerprint density at radius 3 is 2.72 bits per heavy atom. The van der Waals surface area contributed by atoms with Gasteiger partial charge in [-0.25, -0.2) is 13.2 Å². The minimum atomic E-state index is -3.64. The quantitative estimate of drug-likeness (QED) is 0.680. The number of sulfonamides is 1. The van der Waals surface area contributed by atoms with Crippen molar-refractivity contribution >= 4 is 32.7 Å². The molecule has 9 heteroatoms. The van der Waals surface area contributed by atoms with Crippen LogP contribution in [0.3, 0.4) is 0 Å². The molecule has 0 saturated carbocycles. The molecular formula is C20H21N3O5S. The Morgan fingerprint density at radius 2 is 1.97 bits per heavy atom. The molecule has 152 valence electrons. The van der Waals surface area contributed by atoms with Gasteiger partial charge in [0.25, 0.3) is 0 Å². The van der Waals surface area contributed by atoms with Crippen molar-refractivity contribution in [2.75, 3.05) is 18.4 Å². The lowest BCUT2D eigenvalue weighted by molar-refractivity contribution is -0.120. The van der Waals surface area contributed by atoms with Gasteiger partial charge in [0.1, 0.15) is 0 Å². The van der Waals surface area contributed by atoms with Crippen LogP contribution in [0.1, 0.15) is 18.4 Å². The van der Waals surface area contributed by atoms with Crippen LogP contribution < -0.4 is 11.1 Å². The van der Waals surface area contributed by atoms with E-state index in [1.165, 1.54) is 4.31 Å². The maximum Gasteiger partial charge on any atom is 0.417 e. The third-order valence-electron chi connectivity index (χ3n) is 5.10. The Bertz CT molecular complexity index is 1210. The van der Waals surface area contributed by atoms with Crippen molar-refractivity contribution in [3.05, 3.63) is 58.6 Å². The molecule has 8 nitrogen and oxygen atoms in total. The fraction of sp³-hybridized carbons (Fsp3) is 0.300. The smallest absolute Gasteiger partial charge is 0.408 e. The first-order valence-electron chi connectivity index (χ1n) is 9.33. The molecule has 1 aliphatic heterocycles. The molecule has 29 heavy (non-hydrogen) atoms. The molecule has 2 aromatic carbocycles. The van der Waals surface area contributed by atoms with Crippen LogP contribution in [0.4, 0.5) is 5.69 Å². The Kier molecular flexibility index (Phi) is 5.01. The molecule has 1 unspecified atom stereocenters. The third kappa shape index (κ3) is 3.96. The van der Waals surface area contributed by atoms with Gasteiger partial charge in [-0.2, -0.15) is 4.31 Å². The summed E-state index contributed by atoms with van der Waals surface area (Å²) >= 11 is 0. The topological polar surface area (TPSA) is 112 Å². The first-order chi connectivity index (χ1) is 13.8. The minimum absolute atomic E-state index is 0.128. The number of H-pyrrole nitrogens is 1. The zero-order valence-corrected chi connectivity index (χ0v) is 16.7. The van der Waals surface area contributed by atoms with Crippen molar-refractivity contribution in [3.8, 4) is 0 Å². The maximum atomic E-state index is 12.9. The number of rotatable bonds is 4. The van der Waals surface area contributed by atoms with Crippen LogP contribution in [0.5, 0.6) is 0 Å². The molecule has 2 N–H and O–H groups in total. The highest BCUT2D eigenvalue weighted by Gasteiger charge is 2.33. The Morgan fingerprint density at radius 1 is 1.21 bits per heavy atom. The van der Waals surface area contributed by atoms with Gasteiger partial charge in [-0.3, -0.25) is 9.78 Å². The number of amides is 1. The molecule has 1 aliphatic rings. The number of nitrogens with zero attached hydrogens (tertiary/aromatic N) is 1. The van der Waals surface area contributed by atoms with E-state index in [9.17, 15) is 18.0 Å². The van der Waals surface area contributed by atoms with Crippen molar-refractivity contribution in [2.45, 2.75) is 24.7 Å². The molecule has 2 heterocycles. The molecule has 1 saturated heterocycles. The number of carbonyl (C=O) groups is 1. The highest BCUT2D eigenvalue weighted by molar-refractivity contribution is 7.89. The van der Waals surface area contributed by atoms with Gasteiger partial charge in [0, 0.05) is 24.8 Å². The van der Waals surface area contributed by atoms with Crippen molar-refractivity contribution in [1.82, 2.24) is 9.29 Å². The van der Waals surface area contributed by atoms with Crippen LogP contribution in [0.25, 0.3) is 11.1 Å². The number of carbonyl (C=O) groups excluding carboxylic acids is 1. The lowest BCUT2D eigenvalue weighted by atomic mass is 9.98. The monoisotopic (exact) mass is 415 g/mol. The van der Waals surface area contributed by atoms with Gasteiger partial charge in [0.2, 0.25) is 15.9 Å². The SMILES string of the molecule is Cc1ccc(S(=O)(=O)N2CCCC(C(=O)Nc3ccc4[nH]c(=O)oc4c3)C2)cc1. The van der Waals surface area contributed by atoms with Crippen molar-refractivity contribution in [2.24, 2.45) is 5.92 Å². The molecule has 4 rings (SSSR count). The molecule has 1 atom stereocenters. The molecule has 1 amide bonds. The molecule has 0 spiro atoms. The number of fused-ring (bicyclic) bond motifs is 1. The molecule has 0 radical (unpaired) electrons. The van der Waals surface area contributed by atoms with E-state index in [-0.39, 0.29) is 17.3 Å². The zero-order valence-electron chi connectivity index (χ0n) is 15.8. The molecule has 3 aromatic rings. The van der Waals surface area contributed by atoms with Crippen molar-refractivity contribution < 1.29 is 17.6 Å². The van der Waals surface area contributed by atoms with E-state index in [0.29, 0.717) is 36.2 Å². The summed E-state index contributed by atoms with van der Waals surface area (Å²) in [6.45, 7) is 2.41. The van der Waals surface area contributed by atoms with E-state index in [1.54, 1.807) is 42.5 Å². The largest absolute Gasteiger partial charge is 0.417 e. The minimum Gasteiger partial charge on any atom is -0.408 e. The highest BCUT2D eigenvalue weighted by Crippen LogP contribution is 2.25. The predicted octanol–water partition coefficient (Wildman–Crippen LogP) is 2.47. The van der Waals surface area contributed by atoms with Crippen LogP contribution in [0, 0.1) is 12.8 Å². The number of hydrogen-bond acceptors (Lipinski definition) is 5. The maximum absolute atomic E-state index is 12.9. The molecule has 1 fully saturated rings. The summed E-state index contributed by atoms with van der Waals surface area (Å²) in [5.41, 5.74) is 2.36. The van der Waals surface area contributed by atoms with Crippen molar-refractivity contribution in [3.63, 3.8) is 0 Å². The van der Waals surface area contributed by atoms with E-state index in [4.69, 9.17) is 4.42 Å². The number of aromatic amines is 1. The molecular weight excluding hydrogens is 394 g/mol. The summed E-state index contributed by atoms with van der Waals surface area (Å²) in [5, 5.41) is 2.80. The average Bonchev–Trinajstić information content (AvgIpc) is 3.07. The normalized spacial score (nSPS) is 18.0. The lowest BCUT2D eigenvalue weighted by Crippen LogP contribution is -2.43. The first kappa shape index (κ1) is 19.4. The summed E-state index contributed by atoms with van der Waals surface area (Å²) < 4.78 is 32.2. The van der Waals surface area contributed by atoms with Crippen molar-refractivity contribution in [1.29, 1.82) is 0 Å². The first-order valence-corrected chi connectivity index (χ1v) is 10.8. The second-order valence-electron chi connectivity index (χ2n) is 7.23. The summed E-state index contributed by atoms with van der Waals surface area (Å²) in [6.07, 6.45) is 1.21. The fourth-order valence-corrected chi connectivity index (χ4v) is 5.03. The number of aromatic nitrogens is 1. The van der Waals surface area contributed by atoms with E-state index >= 15 is 0 Å².